The number of carbonyl (C=O) groups excluding carboxylic acids is 3. The number of ether oxygens (including phenoxy) is 2. The van der Waals surface area contributed by atoms with E-state index in [0.29, 0.717) is 22.6 Å². The molecule has 1 fully saturated rings. The largest absolute Gasteiger partial charge is 0.497 e. The summed E-state index contributed by atoms with van der Waals surface area (Å²) in [5, 5.41) is 5.42. The topological polar surface area (TPSA) is 97.0 Å². The first-order valence-corrected chi connectivity index (χ1v) is 9.47. The summed E-state index contributed by atoms with van der Waals surface area (Å²) in [6.45, 7) is 3.36. The number of urea groups is 1. The van der Waals surface area contributed by atoms with Gasteiger partial charge < -0.3 is 20.1 Å². The molecule has 3 rings (SSSR count). The van der Waals surface area contributed by atoms with Gasteiger partial charge in [-0.2, -0.15) is 0 Å². The number of hydrogen-bond acceptors (Lipinski definition) is 5. The van der Waals surface area contributed by atoms with Crippen LogP contribution in [0.5, 0.6) is 11.5 Å². The van der Waals surface area contributed by atoms with E-state index in [9.17, 15) is 14.4 Å². The summed E-state index contributed by atoms with van der Waals surface area (Å²) in [7, 11) is 3.08. The second-order valence-electron chi connectivity index (χ2n) is 7.27. The van der Waals surface area contributed by atoms with Gasteiger partial charge in [-0.15, -0.1) is 0 Å². The molecule has 158 valence electrons. The van der Waals surface area contributed by atoms with Crippen molar-refractivity contribution in [2.24, 2.45) is 0 Å². The maximum atomic E-state index is 12.9. The molecule has 4 amide bonds. The van der Waals surface area contributed by atoms with Gasteiger partial charge in [-0.05, 0) is 37.6 Å². The van der Waals surface area contributed by atoms with E-state index in [1.54, 1.807) is 44.4 Å². The van der Waals surface area contributed by atoms with Crippen molar-refractivity contribution >= 4 is 17.8 Å². The number of amides is 4. The van der Waals surface area contributed by atoms with Crippen molar-refractivity contribution in [3.8, 4) is 11.5 Å². The smallest absolute Gasteiger partial charge is 0.325 e. The van der Waals surface area contributed by atoms with Crippen LogP contribution >= 0.6 is 0 Å². The molecule has 2 aromatic carbocycles. The Balaban J connectivity index is 1.68. The maximum Gasteiger partial charge on any atom is 0.325 e. The van der Waals surface area contributed by atoms with E-state index in [4.69, 9.17) is 9.47 Å². The Morgan fingerprint density at radius 1 is 1.10 bits per heavy atom. The second kappa shape index (κ2) is 8.44. The summed E-state index contributed by atoms with van der Waals surface area (Å²) in [5.41, 5.74) is 1.21. The summed E-state index contributed by atoms with van der Waals surface area (Å²) in [4.78, 5) is 38.7. The van der Waals surface area contributed by atoms with Gasteiger partial charge in [0.25, 0.3) is 5.91 Å². The molecule has 0 aliphatic carbocycles. The van der Waals surface area contributed by atoms with Gasteiger partial charge in [0, 0.05) is 12.1 Å². The lowest BCUT2D eigenvalue weighted by atomic mass is 9.91. The zero-order valence-corrected chi connectivity index (χ0v) is 17.4. The monoisotopic (exact) mass is 411 g/mol. The average Bonchev–Trinajstić information content (AvgIpc) is 2.96. The molecular formula is C22H25N3O5. The molecule has 8 heteroatoms. The summed E-state index contributed by atoms with van der Waals surface area (Å²) in [6.07, 6.45) is 0. The molecule has 0 bridgehead atoms. The van der Waals surface area contributed by atoms with Crippen LogP contribution in [0.25, 0.3) is 0 Å². The van der Waals surface area contributed by atoms with Crippen LogP contribution < -0.4 is 20.1 Å². The van der Waals surface area contributed by atoms with Crippen LogP contribution in [0.4, 0.5) is 4.79 Å². The Morgan fingerprint density at radius 2 is 1.80 bits per heavy atom. The fourth-order valence-electron chi connectivity index (χ4n) is 3.34. The first kappa shape index (κ1) is 21.2. The number of aryl methyl sites for hydroxylation is 1. The molecule has 2 aromatic rings. The molecule has 1 atom stereocenters. The predicted molar refractivity (Wildman–Crippen MR) is 110 cm³/mol. The lowest BCUT2D eigenvalue weighted by molar-refractivity contribution is -0.134. The van der Waals surface area contributed by atoms with Crippen LogP contribution in [0.2, 0.25) is 0 Å². The van der Waals surface area contributed by atoms with E-state index in [-0.39, 0.29) is 13.1 Å². The Morgan fingerprint density at radius 3 is 2.43 bits per heavy atom. The van der Waals surface area contributed by atoms with E-state index in [1.807, 2.05) is 19.1 Å². The summed E-state index contributed by atoms with van der Waals surface area (Å²) < 4.78 is 10.5. The van der Waals surface area contributed by atoms with E-state index < -0.39 is 23.4 Å². The highest BCUT2D eigenvalue weighted by molar-refractivity contribution is 6.09. The number of benzene rings is 2. The van der Waals surface area contributed by atoms with E-state index in [0.717, 1.165) is 10.5 Å². The van der Waals surface area contributed by atoms with Crippen molar-refractivity contribution < 1.29 is 23.9 Å². The minimum Gasteiger partial charge on any atom is -0.497 e. The Hall–Kier alpha value is -3.55. The number of carbonyl (C=O) groups is 3. The van der Waals surface area contributed by atoms with Gasteiger partial charge in [0.1, 0.15) is 23.6 Å². The van der Waals surface area contributed by atoms with Gasteiger partial charge in [-0.1, -0.05) is 29.8 Å². The average molecular weight is 411 g/mol. The number of methoxy groups -OCH3 is 2. The quantitative estimate of drug-likeness (QED) is 0.680. The zero-order chi connectivity index (χ0) is 21.9. The van der Waals surface area contributed by atoms with E-state index >= 15 is 0 Å². The molecule has 0 saturated carbocycles. The molecule has 0 aromatic heterocycles. The number of hydrogen-bond donors (Lipinski definition) is 2. The number of imide groups is 1. The Kier molecular flexibility index (Phi) is 5.96. The van der Waals surface area contributed by atoms with Crippen LogP contribution in [0, 0.1) is 6.92 Å². The molecule has 8 nitrogen and oxygen atoms in total. The van der Waals surface area contributed by atoms with Crippen LogP contribution in [-0.2, 0) is 21.7 Å². The SMILES string of the molecule is COc1ccc(OC)c(CNC(=O)CN2C(=O)N[C@](C)(c3ccc(C)cc3)C2=O)c1. The lowest BCUT2D eigenvalue weighted by Gasteiger charge is -2.22. The van der Waals surface area contributed by atoms with Gasteiger partial charge in [-0.3, -0.25) is 14.5 Å². The molecule has 30 heavy (non-hydrogen) atoms. The second-order valence-corrected chi connectivity index (χ2v) is 7.27. The fraction of sp³-hybridized carbons (Fsp3) is 0.318. The normalized spacial score (nSPS) is 18.2. The first-order chi connectivity index (χ1) is 14.3. The lowest BCUT2D eigenvalue weighted by Crippen LogP contribution is -2.43. The standard InChI is InChI=1S/C22H25N3O5/c1-14-5-7-16(8-6-14)22(2)20(27)25(21(28)24-22)13-19(26)23-12-15-11-17(29-3)9-10-18(15)30-4/h5-11H,12-13H2,1-4H3,(H,23,26)(H,24,28)/t22-/m1/s1. The Bertz CT molecular complexity index is 973. The number of nitrogens with zero attached hydrogens (tertiary/aromatic N) is 1. The molecule has 1 aliphatic heterocycles. The first-order valence-electron chi connectivity index (χ1n) is 9.47. The predicted octanol–water partition coefficient (Wildman–Crippen LogP) is 2.10. The molecule has 1 aliphatic rings. The summed E-state index contributed by atoms with van der Waals surface area (Å²) >= 11 is 0. The molecule has 0 spiro atoms. The minimum atomic E-state index is -1.21. The number of nitrogens with one attached hydrogen (secondary N) is 2. The van der Waals surface area contributed by atoms with Gasteiger partial charge in [0.2, 0.25) is 5.91 Å². The van der Waals surface area contributed by atoms with Gasteiger partial charge >= 0.3 is 6.03 Å². The van der Waals surface area contributed by atoms with Crippen LogP contribution in [0.1, 0.15) is 23.6 Å². The van der Waals surface area contributed by atoms with Crippen molar-refractivity contribution in [3.05, 3.63) is 59.2 Å². The third kappa shape index (κ3) is 4.07. The summed E-state index contributed by atoms with van der Waals surface area (Å²) in [5.74, 6) is 0.294. The number of rotatable bonds is 7. The maximum absolute atomic E-state index is 12.9. The van der Waals surface area contributed by atoms with Crippen LogP contribution in [0.15, 0.2) is 42.5 Å². The van der Waals surface area contributed by atoms with Crippen molar-refractivity contribution in [1.29, 1.82) is 0 Å². The molecule has 0 radical (unpaired) electrons. The minimum absolute atomic E-state index is 0.165. The fourth-order valence-corrected chi connectivity index (χ4v) is 3.34. The van der Waals surface area contributed by atoms with Crippen molar-refractivity contribution in [2.75, 3.05) is 20.8 Å². The highest BCUT2D eigenvalue weighted by Crippen LogP contribution is 2.29. The van der Waals surface area contributed by atoms with Gasteiger partial charge in [-0.25, -0.2) is 4.79 Å². The van der Waals surface area contributed by atoms with E-state index in [1.165, 1.54) is 7.11 Å². The Labute approximate surface area is 175 Å². The third-order valence-electron chi connectivity index (χ3n) is 5.17. The zero-order valence-electron chi connectivity index (χ0n) is 17.4. The van der Waals surface area contributed by atoms with Crippen LogP contribution in [-0.4, -0.2) is 43.5 Å². The highest BCUT2D eigenvalue weighted by Gasteiger charge is 2.49. The van der Waals surface area contributed by atoms with Crippen molar-refractivity contribution in [1.82, 2.24) is 15.5 Å². The molecule has 1 saturated heterocycles. The molecule has 2 N–H and O–H groups in total. The van der Waals surface area contributed by atoms with Gasteiger partial charge in [0.15, 0.2) is 0 Å². The molecule has 0 unspecified atom stereocenters. The van der Waals surface area contributed by atoms with E-state index in [2.05, 4.69) is 10.6 Å². The van der Waals surface area contributed by atoms with Crippen LogP contribution in [0.3, 0.4) is 0 Å². The van der Waals surface area contributed by atoms with Crippen molar-refractivity contribution in [2.45, 2.75) is 25.9 Å². The third-order valence-corrected chi connectivity index (χ3v) is 5.17. The summed E-state index contributed by atoms with van der Waals surface area (Å²) in [6, 6.07) is 12.0. The molecule has 1 heterocycles. The van der Waals surface area contributed by atoms with Crippen molar-refractivity contribution in [3.63, 3.8) is 0 Å². The van der Waals surface area contributed by atoms with Gasteiger partial charge in [0.05, 0.1) is 14.2 Å². The highest BCUT2D eigenvalue weighted by atomic mass is 16.5. The molecular weight excluding hydrogens is 386 g/mol.